The average Bonchev–Trinajstić information content (AvgIpc) is 3.46. The Labute approximate surface area is 190 Å². The molecular weight excluding hydrogens is 483 g/mol. The van der Waals surface area contributed by atoms with Crippen molar-refractivity contribution in [3.63, 3.8) is 0 Å². The fourth-order valence-electron chi connectivity index (χ4n) is 3.54. The van der Waals surface area contributed by atoms with Gasteiger partial charge in [0.05, 0.1) is 22.7 Å². The van der Waals surface area contributed by atoms with E-state index in [4.69, 9.17) is 0 Å². The third-order valence-corrected chi connectivity index (χ3v) is 9.36. The van der Waals surface area contributed by atoms with E-state index >= 15 is 0 Å². The number of aromatic nitrogens is 1. The van der Waals surface area contributed by atoms with Crippen LogP contribution < -0.4 is 9.62 Å². The SMILES string of the molecule is O=C(c1cnc(N(C2CCNCC2)S(=O)(=O)c2cccs2)s1)c1ccccc1C(F)(F)F. The van der Waals surface area contributed by atoms with E-state index in [2.05, 4.69) is 10.3 Å². The van der Waals surface area contributed by atoms with Crippen molar-refractivity contribution in [2.24, 2.45) is 0 Å². The highest BCUT2D eigenvalue weighted by Crippen LogP contribution is 2.37. The zero-order chi connectivity index (χ0) is 22.9. The number of carbonyl (C=O) groups excluding carboxylic acids is 1. The normalized spacial score (nSPS) is 15.6. The number of alkyl halides is 3. The van der Waals surface area contributed by atoms with Gasteiger partial charge in [0.15, 0.2) is 5.13 Å². The lowest BCUT2D eigenvalue weighted by atomic mass is 10.0. The number of thiazole rings is 1. The molecule has 32 heavy (non-hydrogen) atoms. The molecule has 6 nitrogen and oxygen atoms in total. The second-order valence-electron chi connectivity index (χ2n) is 7.09. The minimum atomic E-state index is -4.69. The van der Waals surface area contributed by atoms with Crippen LogP contribution in [0.5, 0.6) is 0 Å². The fourth-order valence-corrected chi connectivity index (χ4v) is 7.43. The standard InChI is InChI=1S/C20H18F3N3O3S3/c21-20(22,23)15-5-2-1-4-14(15)18(27)16-12-25-19(31-16)26(13-7-9-24-10-8-13)32(28,29)17-6-3-11-30-17/h1-6,11-13,24H,7-10H2. The van der Waals surface area contributed by atoms with E-state index in [-0.39, 0.29) is 20.3 Å². The third kappa shape index (κ3) is 4.45. The van der Waals surface area contributed by atoms with Crippen LogP contribution in [-0.4, -0.2) is 38.3 Å². The van der Waals surface area contributed by atoms with E-state index in [0.717, 1.165) is 41.0 Å². The lowest BCUT2D eigenvalue weighted by Gasteiger charge is -2.33. The second-order valence-corrected chi connectivity index (χ2v) is 11.1. The van der Waals surface area contributed by atoms with E-state index in [0.29, 0.717) is 25.9 Å². The Morgan fingerprint density at radius 3 is 2.50 bits per heavy atom. The first-order valence-corrected chi connectivity index (χ1v) is 12.8. The number of thiophene rings is 1. The summed E-state index contributed by atoms with van der Waals surface area (Å²) >= 11 is 1.86. The molecule has 4 rings (SSSR count). The summed E-state index contributed by atoms with van der Waals surface area (Å²) in [6, 6.07) is 7.27. The molecule has 1 fully saturated rings. The van der Waals surface area contributed by atoms with Crippen LogP contribution in [0.15, 0.2) is 52.2 Å². The summed E-state index contributed by atoms with van der Waals surface area (Å²) in [6.07, 6.45) is -2.45. The quantitative estimate of drug-likeness (QED) is 0.507. The van der Waals surface area contributed by atoms with Gasteiger partial charge < -0.3 is 5.32 Å². The molecule has 1 aromatic carbocycles. The second kappa shape index (κ2) is 8.93. The van der Waals surface area contributed by atoms with Crippen molar-refractivity contribution in [2.45, 2.75) is 29.3 Å². The number of hydrogen-bond acceptors (Lipinski definition) is 7. The van der Waals surface area contributed by atoms with Crippen molar-refractivity contribution in [1.82, 2.24) is 10.3 Å². The number of nitrogens with zero attached hydrogens (tertiary/aromatic N) is 2. The van der Waals surface area contributed by atoms with Crippen LogP contribution in [0.25, 0.3) is 0 Å². The molecule has 1 N–H and O–H groups in total. The largest absolute Gasteiger partial charge is 0.417 e. The van der Waals surface area contributed by atoms with Crippen LogP contribution >= 0.6 is 22.7 Å². The van der Waals surface area contributed by atoms with Gasteiger partial charge in [-0.3, -0.25) is 4.79 Å². The smallest absolute Gasteiger partial charge is 0.317 e. The van der Waals surface area contributed by atoms with Gasteiger partial charge >= 0.3 is 6.18 Å². The Bertz CT molecular complexity index is 1200. The van der Waals surface area contributed by atoms with E-state index < -0.39 is 33.1 Å². The number of piperidine rings is 1. The van der Waals surface area contributed by atoms with Crippen molar-refractivity contribution >= 4 is 43.6 Å². The van der Waals surface area contributed by atoms with Crippen molar-refractivity contribution in [2.75, 3.05) is 17.4 Å². The van der Waals surface area contributed by atoms with Gasteiger partial charge in [-0.15, -0.1) is 11.3 Å². The predicted octanol–water partition coefficient (Wildman–Crippen LogP) is 4.40. The number of benzene rings is 1. The Morgan fingerprint density at radius 2 is 1.84 bits per heavy atom. The summed E-state index contributed by atoms with van der Waals surface area (Å²) in [5, 5.41) is 4.89. The molecule has 0 saturated carbocycles. The lowest BCUT2D eigenvalue weighted by Crippen LogP contribution is -2.46. The molecule has 0 aliphatic carbocycles. The molecule has 3 heterocycles. The molecule has 1 aliphatic heterocycles. The Hall–Kier alpha value is -2.28. The van der Waals surface area contributed by atoms with Gasteiger partial charge in [-0.1, -0.05) is 35.6 Å². The maximum atomic E-state index is 13.4. The van der Waals surface area contributed by atoms with Crippen LogP contribution in [0.1, 0.15) is 33.6 Å². The van der Waals surface area contributed by atoms with Gasteiger partial charge in [-0.05, 0) is 43.4 Å². The number of rotatable bonds is 6. The molecule has 12 heteroatoms. The van der Waals surface area contributed by atoms with Gasteiger partial charge in [-0.2, -0.15) is 13.2 Å². The maximum Gasteiger partial charge on any atom is 0.417 e. The summed E-state index contributed by atoms with van der Waals surface area (Å²) in [7, 11) is -3.94. The van der Waals surface area contributed by atoms with E-state index in [1.165, 1.54) is 22.5 Å². The van der Waals surface area contributed by atoms with E-state index in [1.54, 1.807) is 11.4 Å². The summed E-state index contributed by atoms with van der Waals surface area (Å²) < 4.78 is 68.2. The summed E-state index contributed by atoms with van der Waals surface area (Å²) in [5.74, 6) is -0.847. The fraction of sp³-hybridized carbons (Fsp3) is 0.300. The van der Waals surface area contributed by atoms with Crippen LogP contribution in [-0.2, 0) is 16.2 Å². The Kier molecular flexibility index (Phi) is 6.39. The highest BCUT2D eigenvalue weighted by Gasteiger charge is 2.37. The molecule has 0 unspecified atom stereocenters. The molecule has 170 valence electrons. The van der Waals surface area contributed by atoms with Gasteiger partial charge in [0.2, 0.25) is 5.78 Å². The van der Waals surface area contributed by atoms with E-state index in [9.17, 15) is 26.4 Å². The number of anilines is 1. The molecule has 0 radical (unpaired) electrons. The molecule has 1 aliphatic rings. The molecular formula is C20H18F3N3O3S3. The van der Waals surface area contributed by atoms with Gasteiger partial charge in [-0.25, -0.2) is 17.7 Å². The zero-order valence-corrected chi connectivity index (χ0v) is 19.0. The Balaban J connectivity index is 1.73. The number of hydrogen-bond donors (Lipinski definition) is 1. The molecule has 2 aromatic heterocycles. The molecule has 0 atom stereocenters. The van der Waals surface area contributed by atoms with Gasteiger partial charge in [0, 0.05) is 5.56 Å². The van der Waals surface area contributed by atoms with Crippen molar-refractivity contribution in [1.29, 1.82) is 0 Å². The van der Waals surface area contributed by atoms with Crippen LogP contribution in [0.4, 0.5) is 18.3 Å². The van der Waals surface area contributed by atoms with E-state index in [1.807, 2.05) is 0 Å². The van der Waals surface area contributed by atoms with Crippen LogP contribution in [0.2, 0.25) is 0 Å². The minimum absolute atomic E-state index is 0.0583. The van der Waals surface area contributed by atoms with Gasteiger partial charge in [0.25, 0.3) is 10.0 Å². The maximum absolute atomic E-state index is 13.4. The topological polar surface area (TPSA) is 79.4 Å². The average molecular weight is 502 g/mol. The molecule has 0 bridgehead atoms. The van der Waals surface area contributed by atoms with Crippen LogP contribution in [0.3, 0.4) is 0 Å². The number of sulfonamides is 1. The van der Waals surface area contributed by atoms with Crippen molar-refractivity contribution in [3.05, 3.63) is 64.0 Å². The molecule has 0 spiro atoms. The lowest BCUT2D eigenvalue weighted by molar-refractivity contribution is -0.137. The Morgan fingerprint density at radius 1 is 1.12 bits per heavy atom. The summed E-state index contributed by atoms with van der Waals surface area (Å²) in [4.78, 5) is 17.0. The van der Waals surface area contributed by atoms with Crippen molar-refractivity contribution < 1.29 is 26.4 Å². The first kappa shape index (κ1) is 22.9. The predicted molar refractivity (Wildman–Crippen MR) is 117 cm³/mol. The highest BCUT2D eigenvalue weighted by atomic mass is 32.2. The van der Waals surface area contributed by atoms with Gasteiger partial charge in [0.1, 0.15) is 4.21 Å². The zero-order valence-electron chi connectivity index (χ0n) is 16.5. The number of carbonyl (C=O) groups is 1. The van der Waals surface area contributed by atoms with Crippen LogP contribution in [0, 0.1) is 0 Å². The minimum Gasteiger partial charge on any atom is -0.317 e. The monoisotopic (exact) mass is 501 g/mol. The molecule has 1 saturated heterocycles. The summed E-state index contributed by atoms with van der Waals surface area (Å²) in [5.41, 5.74) is -1.54. The summed E-state index contributed by atoms with van der Waals surface area (Å²) in [6.45, 7) is 1.24. The van der Waals surface area contributed by atoms with Crippen molar-refractivity contribution in [3.8, 4) is 0 Å². The number of halogens is 3. The first-order valence-electron chi connectivity index (χ1n) is 9.65. The third-order valence-electron chi connectivity index (χ3n) is 5.03. The number of ketones is 1. The first-order chi connectivity index (χ1) is 15.2. The number of nitrogens with one attached hydrogen (secondary N) is 1. The highest BCUT2D eigenvalue weighted by molar-refractivity contribution is 7.95. The molecule has 3 aromatic rings. The molecule has 0 amide bonds.